The summed E-state index contributed by atoms with van der Waals surface area (Å²) in [5, 5.41) is 10.1. The molecule has 1 aromatic carbocycles. The largest absolute Gasteiger partial charge is 0.388 e. The maximum atomic E-state index is 10.1. The van der Waals surface area contributed by atoms with Gasteiger partial charge in [0.2, 0.25) is 0 Å². The Morgan fingerprint density at radius 2 is 1.81 bits per heavy atom. The molecule has 0 spiro atoms. The van der Waals surface area contributed by atoms with E-state index < -0.39 is 0 Å². The van der Waals surface area contributed by atoms with E-state index in [1.807, 2.05) is 0 Å². The predicted octanol–water partition coefficient (Wildman–Crippen LogP) is 3.91. The summed E-state index contributed by atoms with van der Waals surface area (Å²) in [5.41, 5.74) is 3.98. The van der Waals surface area contributed by atoms with Crippen molar-refractivity contribution in [2.75, 3.05) is 0 Å². The fourth-order valence-corrected chi connectivity index (χ4v) is 2.50. The number of aliphatic hydroxyl groups excluding tert-OH is 1. The first-order chi connectivity index (χ1) is 7.39. The summed E-state index contributed by atoms with van der Waals surface area (Å²) >= 11 is 0. The smallest absolute Gasteiger partial charge is 0.0793 e. The third-order valence-electron chi connectivity index (χ3n) is 3.72. The first kappa shape index (κ1) is 11.7. The Morgan fingerprint density at radius 1 is 1.12 bits per heavy atom. The van der Waals surface area contributed by atoms with Crippen LogP contribution in [0.1, 0.15) is 69.2 Å². The zero-order chi connectivity index (χ0) is 11.9. The molecule has 0 aliphatic heterocycles. The summed E-state index contributed by atoms with van der Waals surface area (Å²) in [6, 6.07) is 6.63. The molecule has 16 heavy (non-hydrogen) atoms. The van der Waals surface area contributed by atoms with Crippen molar-refractivity contribution in [3.05, 3.63) is 34.9 Å². The molecule has 1 aliphatic carbocycles. The second kappa shape index (κ2) is 3.89. The van der Waals surface area contributed by atoms with Crippen LogP contribution in [0.5, 0.6) is 0 Å². The SMILES string of the molecule is CC1CC[C@H](O)c2cc(C(C)(C)C)ccc21. The third-order valence-corrected chi connectivity index (χ3v) is 3.72. The van der Waals surface area contributed by atoms with Crippen molar-refractivity contribution in [2.45, 2.75) is 58.0 Å². The van der Waals surface area contributed by atoms with Gasteiger partial charge in [-0.3, -0.25) is 0 Å². The molecule has 1 aromatic rings. The maximum Gasteiger partial charge on any atom is 0.0793 e. The number of aliphatic hydroxyl groups is 1. The Bertz CT molecular complexity index is 387. The van der Waals surface area contributed by atoms with Crippen LogP contribution in [0.15, 0.2) is 18.2 Å². The van der Waals surface area contributed by atoms with Crippen LogP contribution in [0.2, 0.25) is 0 Å². The lowest BCUT2D eigenvalue weighted by Crippen LogP contribution is -2.16. The van der Waals surface area contributed by atoms with Gasteiger partial charge in [0, 0.05) is 0 Å². The lowest BCUT2D eigenvalue weighted by Gasteiger charge is -2.29. The van der Waals surface area contributed by atoms with E-state index in [1.54, 1.807) is 0 Å². The van der Waals surface area contributed by atoms with Gasteiger partial charge in [-0.05, 0) is 40.9 Å². The number of benzene rings is 1. The average Bonchev–Trinajstić information content (AvgIpc) is 2.22. The lowest BCUT2D eigenvalue weighted by atomic mass is 9.78. The molecular formula is C15H22O. The van der Waals surface area contributed by atoms with Crippen LogP contribution < -0.4 is 0 Å². The topological polar surface area (TPSA) is 20.2 Å². The van der Waals surface area contributed by atoms with Gasteiger partial charge >= 0.3 is 0 Å². The van der Waals surface area contributed by atoms with Gasteiger partial charge in [0.05, 0.1) is 6.10 Å². The molecule has 1 unspecified atom stereocenters. The molecule has 0 radical (unpaired) electrons. The van der Waals surface area contributed by atoms with Crippen LogP contribution in [0, 0.1) is 0 Å². The van der Waals surface area contributed by atoms with E-state index in [1.165, 1.54) is 11.1 Å². The molecule has 2 atom stereocenters. The normalized spacial score (nSPS) is 25.3. The standard InChI is InChI=1S/C15H22O/c1-10-5-8-14(16)13-9-11(15(2,3)4)6-7-12(10)13/h6-7,9-10,14,16H,5,8H2,1-4H3/t10?,14-/m0/s1. The molecule has 1 aliphatic rings. The van der Waals surface area contributed by atoms with Crippen molar-refractivity contribution >= 4 is 0 Å². The van der Waals surface area contributed by atoms with E-state index >= 15 is 0 Å². The third kappa shape index (κ3) is 2.01. The van der Waals surface area contributed by atoms with Gasteiger partial charge in [-0.2, -0.15) is 0 Å². The van der Waals surface area contributed by atoms with E-state index in [0.717, 1.165) is 18.4 Å². The predicted molar refractivity (Wildman–Crippen MR) is 67.8 cm³/mol. The minimum atomic E-state index is -0.256. The molecule has 0 saturated heterocycles. The Balaban J connectivity index is 2.48. The highest BCUT2D eigenvalue weighted by Gasteiger charge is 2.25. The summed E-state index contributed by atoms with van der Waals surface area (Å²) in [6.45, 7) is 8.90. The number of hydrogen-bond donors (Lipinski definition) is 1. The van der Waals surface area contributed by atoms with Crippen LogP contribution in [0.25, 0.3) is 0 Å². The van der Waals surface area contributed by atoms with Crippen molar-refractivity contribution in [1.82, 2.24) is 0 Å². The zero-order valence-corrected chi connectivity index (χ0v) is 10.7. The molecule has 0 aromatic heterocycles. The highest BCUT2D eigenvalue weighted by molar-refractivity contribution is 5.39. The quantitative estimate of drug-likeness (QED) is 0.700. The summed E-state index contributed by atoms with van der Waals surface area (Å²) in [7, 11) is 0. The molecular weight excluding hydrogens is 196 g/mol. The van der Waals surface area contributed by atoms with E-state index in [-0.39, 0.29) is 11.5 Å². The molecule has 1 heteroatoms. The highest BCUT2D eigenvalue weighted by Crippen LogP contribution is 2.39. The van der Waals surface area contributed by atoms with E-state index in [9.17, 15) is 5.11 Å². The highest BCUT2D eigenvalue weighted by atomic mass is 16.3. The summed E-state index contributed by atoms with van der Waals surface area (Å²) in [4.78, 5) is 0. The van der Waals surface area contributed by atoms with Crippen molar-refractivity contribution < 1.29 is 5.11 Å². The molecule has 1 N–H and O–H groups in total. The Kier molecular flexibility index (Phi) is 2.83. The number of rotatable bonds is 0. The molecule has 0 heterocycles. The van der Waals surface area contributed by atoms with Crippen molar-refractivity contribution in [3.63, 3.8) is 0 Å². The molecule has 88 valence electrons. The maximum absolute atomic E-state index is 10.1. The first-order valence-electron chi connectivity index (χ1n) is 6.22. The van der Waals surface area contributed by atoms with Crippen LogP contribution in [0.3, 0.4) is 0 Å². The first-order valence-corrected chi connectivity index (χ1v) is 6.22. The molecule has 0 amide bonds. The zero-order valence-electron chi connectivity index (χ0n) is 10.7. The molecule has 0 saturated carbocycles. The minimum Gasteiger partial charge on any atom is -0.388 e. The molecule has 2 rings (SSSR count). The number of hydrogen-bond acceptors (Lipinski definition) is 1. The fourth-order valence-electron chi connectivity index (χ4n) is 2.50. The lowest BCUT2D eigenvalue weighted by molar-refractivity contribution is 0.151. The Morgan fingerprint density at radius 3 is 2.44 bits per heavy atom. The van der Waals surface area contributed by atoms with Gasteiger partial charge in [-0.25, -0.2) is 0 Å². The van der Waals surface area contributed by atoms with Crippen molar-refractivity contribution in [1.29, 1.82) is 0 Å². The van der Waals surface area contributed by atoms with Gasteiger partial charge < -0.3 is 5.11 Å². The van der Waals surface area contributed by atoms with Gasteiger partial charge in [-0.15, -0.1) is 0 Å². The van der Waals surface area contributed by atoms with Crippen LogP contribution >= 0.6 is 0 Å². The monoisotopic (exact) mass is 218 g/mol. The second-order valence-electron chi connectivity index (χ2n) is 6.09. The van der Waals surface area contributed by atoms with E-state index in [0.29, 0.717) is 5.92 Å². The Hall–Kier alpha value is -0.820. The van der Waals surface area contributed by atoms with Gasteiger partial charge in [-0.1, -0.05) is 45.9 Å². The van der Waals surface area contributed by atoms with E-state index in [4.69, 9.17) is 0 Å². The van der Waals surface area contributed by atoms with Crippen LogP contribution in [-0.4, -0.2) is 5.11 Å². The van der Waals surface area contributed by atoms with Crippen molar-refractivity contribution in [3.8, 4) is 0 Å². The van der Waals surface area contributed by atoms with Crippen molar-refractivity contribution in [2.24, 2.45) is 0 Å². The van der Waals surface area contributed by atoms with Gasteiger partial charge in [0.25, 0.3) is 0 Å². The van der Waals surface area contributed by atoms with Crippen LogP contribution in [0.4, 0.5) is 0 Å². The van der Waals surface area contributed by atoms with Gasteiger partial charge in [0.1, 0.15) is 0 Å². The Labute approximate surface area is 98.5 Å². The molecule has 1 nitrogen and oxygen atoms in total. The minimum absolute atomic E-state index is 0.162. The summed E-state index contributed by atoms with van der Waals surface area (Å²) in [5.74, 6) is 0.590. The second-order valence-corrected chi connectivity index (χ2v) is 6.09. The fraction of sp³-hybridized carbons (Fsp3) is 0.600. The summed E-state index contributed by atoms with van der Waals surface area (Å²) in [6.07, 6.45) is 1.75. The molecule has 0 bridgehead atoms. The average molecular weight is 218 g/mol. The molecule has 0 fully saturated rings. The van der Waals surface area contributed by atoms with Crippen LogP contribution in [-0.2, 0) is 5.41 Å². The number of fused-ring (bicyclic) bond motifs is 1. The summed E-state index contributed by atoms with van der Waals surface area (Å²) < 4.78 is 0. The van der Waals surface area contributed by atoms with Gasteiger partial charge in [0.15, 0.2) is 0 Å². The van der Waals surface area contributed by atoms with E-state index in [2.05, 4.69) is 45.9 Å².